The van der Waals surface area contributed by atoms with Crippen LogP contribution in [0.4, 0.5) is 0 Å². The van der Waals surface area contributed by atoms with Crippen molar-refractivity contribution in [3.8, 4) is 0 Å². The van der Waals surface area contributed by atoms with Crippen molar-refractivity contribution >= 4 is 17.8 Å². The average Bonchev–Trinajstić information content (AvgIpc) is 3.22. The number of ether oxygens (including phenoxy) is 1. The molecular weight excluding hydrogens is 336 g/mol. The summed E-state index contributed by atoms with van der Waals surface area (Å²) in [5, 5.41) is 12.6. The van der Waals surface area contributed by atoms with Gasteiger partial charge in [0.15, 0.2) is 0 Å². The fourth-order valence-electron chi connectivity index (χ4n) is 4.83. The van der Waals surface area contributed by atoms with Gasteiger partial charge in [-0.2, -0.15) is 0 Å². The van der Waals surface area contributed by atoms with Gasteiger partial charge in [0.1, 0.15) is 5.54 Å². The fourth-order valence-corrected chi connectivity index (χ4v) is 4.83. The highest BCUT2D eigenvalue weighted by Gasteiger charge is 2.66. The van der Waals surface area contributed by atoms with E-state index in [1.165, 1.54) is 0 Å². The van der Waals surface area contributed by atoms with Crippen LogP contribution in [0.25, 0.3) is 0 Å². The second-order valence-corrected chi connectivity index (χ2v) is 8.45. The number of carboxylic acid groups (broad SMARTS) is 1. The van der Waals surface area contributed by atoms with Gasteiger partial charge in [-0.05, 0) is 19.8 Å². The minimum Gasteiger partial charge on any atom is -0.479 e. The van der Waals surface area contributed by atoms with Crippen molar-refractivity contribution in [3.63, 3.8) is 0 Å². The summed E-state index contributed by atoms with van der Waals surface area (Å²) < 4.78 is 5.63. The van der Waals surface area contributed by atoms with Crippen LogP contribution in [-0.2, 0) is 19.1 Å². The molecule has 3 fully saturated rings. The van der Waals surface area contributed by atoms with E-state index in [4.69, 9.17) is 4.74 Å². The number of rotatable bonds is 6. The summed E-state index contributed by atoms with van der Waals surface area (Å²) in [6.07, 6.45) is 4.48. The number of nitrogens with zero attached hydrogens (tertiary/aromatic N) is 1. The van der Waals surface area contributed by atoms with Gasteiger partial charge >= 0.3 is 5.97 Å². The standard InChI is InChI=1S/C19H30N2O5/c1-4-26-14-10-19(17(24)25,18(14,2)3)20-16(23)12-9-15(22)21(11-12)13-7-5-6-8-13/h12-14H,4-11H2,1-3H3,(H,20,23)(H,24,25). The number of carbonyl (C=O) groups is 3. The van der Waals surface area contributed by atoms with Gasteiger partial charge in [0, 0.05) is 37.5 Å². The zero-order valence-electron chi connectivity index (χ0n) is 15.9. The molecule has 7 nitrogen and oxygen atoms in total. The van der Waals surface area contributed by atoms with Crippen molar-refractivity contribution in [1.29, 1.82) is 0 Å². The number of hydrogen-bond donors (Lipinski definition) is 2. The minimum atomic E-state index is -1.34. The molecule has 146 valence electrons. The molecule has 2 saturated carbocycles. The van der Waals surface area contributed by atoms with Crippen LogP contribution >= 0.6 is 0 Å². The Bertz CT molecular complexity index is 599. The zero-order valence-corrected chi connectivity index (χ0v) is 15.9. The van der Waals surface area contributed by atoms with Crippen LogP contribution in [0.5, 0.6) is 0 Å². The summed E-state index contributed by atoms with van der Waals surface area (Å²) in [5.74, 6) is -1.82. The van der Waals surface area contributed by atoms with E-state index >= 15 is 0 Å². The lowest BCUT2D eigenvalue weighted by Crippen LogP contribution is -2.76. The minimum absolute atomic E-state index is 0.0153. The highest BCUT2D eigenvalue weighted by Crippen LogP contribution is 2.51. The van der Waals surface area contributed by atoms with E-state index < -0.39 is 22.8 Å². The summed E-state index contributed by atoms with van der Waals surface area (Å²) in [6, 6.07) is 0.246. The summed E-state index contributed by atoms with van der Waals surface area (Å²) in [4.78, 5) is 39.0. The van der Waals surface area contributed by atoms with Crippen LogP contribution in [-0.4, -0.2) is 58.6 Å². The highest BCUT2D eigenvalue weighted by atomic mass is 16.5. The van der Waals surface area contributed by atoms with E-state index in [0.717, 1.165) is 25.7 Å². The third-order valence-electron chi connectivity index (χ3n) is 6.76. The van der Waals surface area contributed by atoms with Gasteiger partial charge in [-0.15, -0.1) is 0 Å². The Kier molecular flexibility index (Phi) is 5.03. The van der Waals surface area contributed by atoms with Gasteiger partial charge < -0.3 is 20.1 Å². The number of amides is 2. The number of carbonyl (C=O) groups excluding carboxylic acids is 2. The highest BCUT2D eigenvalue weighted by molar-refractivity contribution is 5.94. The third kappa shape index (κ3) is 2.90. The summed E-state index contributed by atoms with van der Waals surface area (Å²) >= 11 is 0. The van der Waals surface area contributed by atoms with Crippen LogP contribution in [0.15, 0.2) is 0 Å². The number of likely N-dealkylation sites (tertiary alicyclic amines) is 1. The number of carboxylic acids is 1. The Hall–Kier alpha value is -1.63. The molecule has 0 radical (unpaired) electrons. The molecule has 7 heteroatoms. The largest absolute Gasteiger partial charge is 0.479 e. The van der Waals surface area contributed by atoms with Gasteiger partial charge in [0.2, 0.25) is 11.8 Å². The second kappa shape index (κ2) is 6.83. The Morgan fingerprint density at radius 2 is 1.96 bits per heavy atom. The predicted octanol–water partition coefficient (Wildman–Crippen LogP) is 1.55. The maximum Gasteiger partial charge on any atom is 0.330 e. The first-order valence-corrected chi connectivity index (χ1v) is 9.69. The molecule has 2 N–H and O–H groups in total. The lowest BCUT2D eigenvalue weighted by Gasteiger charge is -2.58. The molecule has 1 heterocycles. The first kappa shape index (κ1) is 19.1. The van der Waals surface area contributed by atoms with Crippen LogP contribution < -0.4 is 5.32 Å². The predicted molar refractivity (Wildman–Crippen MR) is 94.4 cm³/mol. The lowest BCUT2D eigenvalue weighted by molar-refractivity contribution is -0.195. The van der Waals surface area contributed by atoms with Crippen molar-refractivity contribution in [2.24, 2.45) is 11.3 Å². The molecular formula is C19H30N2O5. The van der Waals surface area contributed by atoms with Crippen LogP contribution in [0.1, 0.15) is 59.3 Å². The smallest absolute Gasteiger partial charge is 0.330 e. The molecule has 2 amide bonds. The maximum absolute atomic E-state index is 12.8. The normalized spacial score (nSPS) is 34.0. The summed E-state index contributed by atoms with van der Waals surface area (Å²) in [7, 11) is 0. The van der Waals surface area contributed by atoms with Crippen molar-refractivity contribution in [1.82, 2.24) is 10.2 Å². The summed E-state index contributed by atoms with van der Waals surface area (Å²) in [5.41, 5.74) is -2.05. The van der Waals surface area contributed by atoms with Crippen LogP contribution in [0, 0.1) is 11.3 Å². The molecule has 0 aromatic heterocycles. The van der Waals surface area contributed by atoms with Gasteiger partial charge in [-0.3, -0.25) is 9.59 Å². The van der Waals surface area contributed by atoms with Crippen molar-refractivity contribution < 1.29 is 24.2 Å². The molecule has 1 aliphatic heterocycles. The topological polar surface area (TPSA) is 95.9 Å². The van der Waals surface area contributed by atoms with Gasteiger partial charge in [0.05, 0.1) is 12.0 Å². The Morgan fingerprint density at radius 3 is 2.50 bits per heavy atom. The second-order valence-electron chi connectivity index (χ2n) is 8.45. The molecule has 0 aromatic carbocycles. The number of hydrogen-bond acceptors (Lipinski definition) is 4. The van der Waals surface area contributed by atoms with Gasteiger partial charge in [-0.25, -0.2) is 4.79 Å². The Balaban J connectivity index is 1.68. The fraction of sp³-hybridized carbons (Fsp3) is 0.842. The lowest BCUT2D eigenvalue weighted by atomic mass is 9.54. The van der Waals surface area contributed by atoms with E-state index in [-0.39, 0.29) is 36.8 Å². The summed E-state index contributed by atoms with van der Waals surface area (Å²) in [6.45, 7) is 6.41. The third-order valence-corrected chi connectivity index (χ3v) is 6.76. The number of nitrogens with one attached hydrogen (secondary N) is 1. The quantitative estimate of drug-likeness (QED) is 0.744. The number of aliphatic carboxylic acids is 1. The van der Waals surface area contributed by atoms with E-state index in [2.05, 4.69) is 5.32 Å². The molecule has 2 aliphatic carbocycles. The molecule has 0 spiro atoms. The van der Waals surface area contributed by atoms with Crippen LogP contribution in [0.2, 0.25) is 0 Å². The Labute approximate surface area is 154 Å². The maximum atomic E-state index is 12.8. The van der Waals surface area contributed by atoms with Gasteiger partial charge in [-0.1, -0.05) is 26.7 Å². The molecule has 26 heavy (non-hydrogen) atoms. The molecule has 3 atom stereocenters. The zero-order chi connectivity index (χ0) is 19.1. The van der Waals surface area contributed by atoms with E-state index in [9.17, 15) is 19.5 Å². The molecule has 3 aliphatic rings. The molecule has 0 bridgehead atoms. The van der Waals surface area contributed by atoms with E-state index in [0.29, 0.717) is 13.2 Å². The van der Waals surface area contributed by atoms with E-state index in [1.807, 2.05) is 25.7 Å². The molecule has 3 unspecified atom stereocenters. The van der Waals surface area contributed by atoms with Gasteiger partial charge in [0.25, 0.3) is 0 Å². The SMILES string of the molecule is CCOC1CC(NC(=O)C2CC(=O)N(C3CCCC3)C2)(C(=O)O)C1(C)C. The van der Waals surface area contributed by atoms with Crippen molar-refractivity contribution in [2.75, 3.05) is 13.2 Å². The first-order chi connectivity index (χ1) is 12.2. The average molecular weight is 366 g/mol. The monoisotopic (exact) mass is 366 g/mol. The van der Waals surface area contributed by atoms with Crippen LogP contribution in [0.3, 0.4) is 0 Å². The van der Waals surface area contributed by atoms with Crippen molar-refractivity contribution in [2.45, 2.75) is 77.0 Å². The molecule has 0 aromatic rings. The molecule has 3 rings (SSSR count). The molecule has 1 saturated heterocycles. The first-order valence-electron chi connectivity index (χ1n) is 9.69. The Morgan fingerprint density at radius 1 is 1.31 bits per heavy atom. The van der Waals surface area contributed by atoms with E-state index in [1.54, 1.807) is 0 Å². The van der Waals surface area contributed by atoms with Crippen molar-refractivity contribution in [3.05, 3.63) is 0 Å².